The lowest BCUT2D eigenvalue weighted by Gasteiger charge is -2.13. The third kappa shape index (κ3) is 4.18. The van der Waals surface area contributed by atoms with Crippen LogP contribution in [0, 0.1) is 0 Å². The van der Waals surface area contributed by atoms with Crippen molar-refractivity contribution in [2.24, 2.45) is 0 Å². The molecule has 5 heteroatoms. The van der Waals surface area contributed by atoms with Crippen molar-refractivity contribution in [1.29, 1.82) is 0 Å². The average molecular weight is 476 g/mol. The summed E-state index contributed by atoms with van der Waals surface area (Å²) in [6, 6.07) is 18.7. The SMILES string of the molecule is Brc1ccc(/C=C/c2nc(NCc3ccccc3)c3c4c(sc3n2)CCCC4)cc1. The van der Waals surface area contributed by atoms with E-state index in [0.29, 0.717) is 0 Å². The van der Waals surface area contributed by atoms with Crippen molar-refractivity contribution in [3.63, 3.8) is 0 Å². The van der Waals surface area contributed by atoms with Crippen molar-refractivity contribution in [3.05, 3.63) is 86.5 Å². The molecule has 0 saturated carbocycles. The fourth-order valence-electron chi connectivity index (χ4n) is 3.90. The lowest BCUT2D eigenvalue weighted by Crippen LogP contribution is -2.05. The number of nitrogens with one attached hydrogen (secondary N) is 1. The predicted octanol–water partition coefficient (Wildman–Crippen LogP) is 7.12. The number of nitrogens with zero attached hydrogens (tertiary/aromatic N) is 2. The quantitative estimate of drug-likeness (QED) is 0.333. The van der Waals surface area contributed by atoms with Crippen molar-refractivity contribution in [2.75, 3.05) is 5.32 Å². The molecular weight excluding hydrogens is 454 g/mol. The van der Waals surface area contributed by atoms with Crippen LogP contribution in [0.15, 0.2) is 59.1 Å². The largest absolute Gasteiger partial charge is 0.365 e. The van der Waals surface area contributed by atoms with Gasteiger partial charge in [0.05, 0.1) is 5.39 Å². The summed E-state index contributed by atoms with van der Waals surface area (Å²) in [7, 11) is 0. The first-order valence-electron chi connectivity index (χ1n) is 10.3. The lowest BCUT2D eigenvalue weighted by molar-refractivity contribution is 0.700. The maximum atomic E-state index is 4.92. The number of thiophene rings is 1. The Bertz CT molecular complexity index is 1200. The molecule has 1 N–H and O–H groups in total. The van der Waals surface area contributed by atoms with Crippen LogP contribution in [0.4, 0.5) is 5.82 Å². The van der Waals surface area contributed by atoms with Crippen LogP contribution < -0.4 is 5.32 Å². The molecule has 1 aliphatic rings. The van der Waals surface area contributed by atoms with E-state index in [1.54, 1.807) is 0 Å². The van der Waals surface area contributed by atoms with Gasteiger partial charge in [-0.25, -0.2) is 9.97 Å². The Hall–Kier alpha value is -2.50. The smallest absolute Gasteiger partial charge is 0.155 e. The first-order valence-corrected chi connectivity index (χ1v) is 11.9. The van der Waals surface area contributed by atoms with Gasteiger partial charge in [0.25, 0.3) is 0 Å². The van der Waals surface area contributed by atoms with Crippen molar-refractivity contribution in [2.45, 2.75) is 32.2 Å². The molecule has 2 heterocycles. The van der Waals surface area contributed by atoms with E-state index in [4.69, 9.17) is 9.97 Å². The van der Waals surface area contributed by atoms with Gasteiger partial charge in [0.1, 0.15) is 10.6 Å². The predicted molar refractivity (Wildman–Crippen MR) is 131 cm³/mol. The Balaban J connectivity index is 1.52. The number of aromatic nitrogens is 2. The standard InChI is InChI=1S/C25H22BrN3S/c26-19-13-10-17(11-14-19)12-15-22-28-24(27-16-18-6-2-1-3-7-18)23-20-8-4-5-9-21(20)30-25(23)29-22/h1-3,6-7,10-15H,4-5,8-9,16H2,(H,27,28,29)/b15-12+. The van der Waals surface area contributed by atoms with E-state index in [1.165, 1.54) is 40.7 Å². The van der Waals surface area contributed by atoms with Crippen LogP contribution in [0.5, 0.6) is 0 Å². The van der Waals surface area contributed by atoms with E-state index in [2.05, 4.69) is 63.7 Å². The van der Waals surface area contributed by atoms with E-state index in [0.717, 1.165) is 39.5 Å². The molecule has 150 valence electrons. The topological polar surface area (TPSA) is 37.8 Å². The zero-order valence-electron chi connectivity index (χ0n) is 16.6. The molecular formula is C25H22BrN3S. The fraction of sp³-hybridized carbons (Fsp3) is 0.200. The Labute approximate surface area is 189 Å². The van der Waals surface area contributed by atoms with Gasteiger partial charge in [-0.3, -0.25) is 0 Å². The number of aryl methyl sites for hydroxylation is 2. The summed E-state index contributed by atoms with van der Waals surface area (Å²) >= 11 is 5.33. The zero-order valence-corrected chi connectivity index (χ0v) is 19.0. The second-order valence-electron chi connectivity index (χ2n) is 7.55. The van der Waals surface area contributed by atoms with Crippen LogP contribution in [0.2, 0.25) is 0 Å². The van der Waals surface area contributed by atoms with Gasteiger partial charge in [-0.05, 0) is 60.6 Å². The van der Waals surface area contributed by atoms with Crippen LogP contribution in [0.1, 0.15) is 40.2 Å². The Morgan fingerprint density at radius 2 is 1.73 bits per heavy atom. The van der Waals surface area contributed by atoms with Gasteiger partial charge < -0.3 is 5.32 Å². The summed E-state index contributed by atoms with van der Waals surface area (Å²) in [5.74, 6) is 1.71. The summed E-state index contributed by atoms with van der Waals surface area (Å²) in [4.78, 5) is 12.4. The molecule has 0 aliphatic heterocycles. The normalized spacial score (nSPS) is 13.6. The number of hydrogen-bond acceptors (Lipinski definition) is 4. The second kappa shape index (κ2) is 8.70. The molecule has 0 atom stereocenters. The first-order chi connectivity index (χ1) is 14.8. The van der Waals surface area contributed by atoms with Gasteiger partial charge in [0.15, 0.2) is 5.82 Å². The molecule has 0 unspecified atom stereocenters. The highest BCUT2D eigenvalue weighted by Gasteiger charge is 2.20. The highest BCUT2D eigenvalue weighted by Crippen LogP contribution is 2.38. The number of rotatable bonds is 5. The number of halogens is 1. The molecule has 0 radical (unpaired) electrons. The van der Waals surface area contributed by atoms with Crippen molar-refractivity contribution in [3.8, 4) is 0 Å². The van der Waals surface area contributed by atoms with E-state index in [9.17, 15) is 0 Å². The highest BCUT2D eigenvalue weighted by molar-refractivity contribution is 9.10. The minimum Gasteiger partial charge on any atom is -0.365 e. The number of anilines is 1. The van der Waals surface area contributed by atoms with Crippen LogP contribution in [0.3, 0.4) is 0 Å². The van der Waals surface area contributed by atoms with Gasteiger partial charge in [0.2, 0.25) is 0 Å². The van der Waals surface area contributed by atoms with Gasteiger partial charge in [-0.2, -0.15) is 0 Å². The van der Waals surface area contributed by atoms with Crippen molar-refractivity contribution in [1.82, 2.24) is 9.97 Å². The van der Waals surface area contributed by atoms with E-state index >= 15 is 0 Å². The molecule has 0 saturated heterocycles. The number of benzene rings is 2. The second-order valence-corrected chi connectivity index (χ2v) is 9.54. The third-order valence-corrected chi connectivity index (χ3v) is 7.14. The maximum absolute atomic E-state index is 4.92. The minimum absolute atomic E-state index is 0.750. The highest BCUT2D eigenvalue weighted by atomic mass is 79.9. The van der Waals surface area contributed by atoms with Crippen molar-refractivity contribution < 1.29 is 0 Å². The summed E-state index contributed by atoms with van der Waals surface area (Å²) in [5, 5.41) is 4.83. The van der Waals surface area contributed by atoms with E-state index < -0.39 is 0 Å². The van der Waals surface area contributed by atoms with Gasteiger partial charge in [-0.1, -0.05) is 64.5 Å². The lowest BCUT2D eigenvalue weighted by atomic mass is 9.97. The summed E-state index contributed by atoms with van der Waals surface area (Å²) in [6.45, 7) is 0.757. The Morgan fingerprint density at radius 1 is 0.933 bits per heavy atom. The first kappa shape index (κ1) is 19.5. The third-order valence-electron chi connectivity index (χ3n) is 5.43. The van der Waals surface area contributed by atoms with Crippen LogP contribution in [-0.4, -0.2) is 9.97 Å². The van der Waals surface area contributed by atoms with Crippen LogP contribution >= 0.6 is 27.3 Å². The molecule has 3 nitrogen and oxygen atoms in total. The molecule has 4 aromatic rings. The van der Waals surface area contributed by atoms with Crippen LogP contribution in [0.25, 0.3) is 22.4 Å². The summed E-state index contributed by atoms with van der Waals surface area (Å²) in [6.07, 6.45) is 8.90. The van der Waals surface area contributed by atoms with Gasteiger partial charge in [-0.15, -0.1) is 11.3 Å². The molecule has 1 aliphatic carbocycles. The Morgan fingerprint density at radius 3 is 2.57 bits per heavy atom. The summed E-state index contributed by atoms with van der Waals surface area (Å²) in [5.41, 5.74) is 3.84. The molecule has 0 amide bonds. The zero-order chi connectivity index (χ0) is 20.3. The fourth-order valence-corrected chi connectivity index (χ4v) is 5.44. The summed E-state index contributed by atoms with van der Waals surface area (Å²) < 4.78 is 1.08. The number of fused-ring (bicyclic) bond motifs is 3. The average Bonchev–Trinajstić information content (AvgIpc) is 3.16. The Kier molecular flexibility index (Phi) is 5.65. The molecule has 5 rings (SSSR count). The molecule has 2 aromatic heterocycles. The minimum atomic E-state index is 0.750. The van der Waals surface area contributed by atoms with Gasteiger partial charge >= 0.3 is 0 Å². The molecule has 0 spiro atoms. The van der Waals surface area contributed by atoms with E-state index in [-0.39, 0.29) is 0 Å². The monoisotopic (exact) mass is 475 g/mol. The molecule has 30 heavy (non-hydrogen) atoms. The van der Waals surface area contributed by atoms with Crippen molar-refractivity contribution >= 4 is 55.5 Å². The van der Waals surface area contributed by atoms with Crippen LogP contribution in [-0.2, 0) is 19.4 Å². The molecule has 2 aromatic carbocycles. The van der Waals surface area contributed by atoms with E-state index in [1.807, 2.05) is 35.6 Å². The molecule has 0 fully saturated rings. The molecule has 0 bridgehead atoms. The van der Waals surface area contributed by atoms with Gasteiger partial charge in [0, 0.05) is 15.9 Å². The maximum Gasteiger partial charge on any atom is 0.155 e. The number of hydrogen-bond donors (Lipinski definition) is 1.